The second-order valence-electron chi connectivity index (χ2n) is 9.06. The van der Waals surface area contributed by atoms with Crippen LogP contribution < -0.4 is 11.3 Å². The van der Waals surface area contributed by atoms with Crippen LogP contribution in [0.4, 0.5) is 23.5 Å². The van der Waals surface area contributed by atoms with Gasteiger partial charge in [-0.25, -0.2) is 9.37 Å². The van der Waals surface area contributed by atoms with Crippen LogP contribution in [0.2, 0.25) is 0 Å². The van der Waals surface area contributed by atoms with Gasteiger partial charge < -0.3 is 5.73 Å². The summed E-state index contributed by atoms with van der Waals surface area (Å²) in [5.74, 6) is -0.946. The molecule has 0 atom stereocenters. The molecule has 206 valence electrons. The van der Waals surface area contributed by atoms with Crippen molar-refractivity contribution in [2.45, 2.75) is 58.7 Å². The molecule has 0 unspecified atom stereocenters. The molecule has 0 fully saturated rings. The maximum atomic E-state index is 13.3. The van der Waals surface area contributed by atoms with Gasteiger partial charge in [0.2, 0.25) is 5.95 Å². The van der Waals surface area contributed by atoms with Crippen molar-refractivity contribution in [3.8, 4) is 0 Å². The Labute approximate surface area is 226 Å². The Bertz CT molecular complexity index is 1380. The van der Waals surface area contributed by atoms with Gasteiger partial charge in [-0.1, -0.05) is 93.9 Å². The molecule has 0 saturated carbocycles. The molecule has 4 aromatic rings. The van der Waals surface area contributed by atoms with Crippen LogP contribution in [0.15, 0.2) is 83.7 Å². The molecule has 0 aliphatic heterocycles. The van der Waals surface area contributed by atoms with Gasteiger partial charge >= 0.3 is 6.18 Å². The van der Waals surface area contributed by atoms with Gasteiger partial charge in [0.05, 0.1) is 17.3 Å². The van der Waals surface area contributed by atoms with Gasteiger partial charge in [0, 0.05) is 5.56 Å². The van der Waals surface area contributed by atoms with E-state index in [0.29, 0.717) is 18.4 Å². The minimum atomic E-state index is -4.60. The van der Waals surface area contributed by atoms with Crippen LogP contribution in [0.3, 0.4) is 0 Å². The fourth-order valence-corrected chi connectivity index (χ4v) is 4.45. The number of alkyl halides is 3. The van der Waals surface area contributed by atoms with Crippen LogP contribution in [0.5, 0.6) is 0 Å². The summed E-state index contributed by atoms with van der Waals surface area (Å²) in [4.78, 5) is 18.0. The van der Waals surface area contributed by atoms with Gasteiger partial charge in [0.1, 0.15) is 5.82 Å². The second-order valence-corrected chi connectivity index (χ2v) is 9.06. The topological polar surface area (TPSA) is 60.9 Å². The summed E-state index contributed by atoms with van der Waals surface area (Å²) >= 11 is 0. The lowest BCUT2D eigenvalue weighted by molar-refractivity contribution is -0.140. The molecule has 39 heavy (non-hydrogen) atoms. The molecule has 1 heterocycles. The summed E-state index contributed by atoms with van der Waals surface area (Å²) in [7, 11) is 0. The molecule has 4 rings (SSSR count). The predicted molar refractivity (Wildman–Crippen MR) is 147 cm³/mol. The van der Waals surface area contributed by atoms with Crippen LogP contribution >= 0.6 is 0 Å². The zero-order chi connectivity index (χ0) is 28.6. The maximum Gasteiger partial charge on any atom is 0.419 e. The lowest BCUT2D eigenvalue weighted by Gasteiger charge is -2.24. The highest BCUT2D eigenvalue weighted by atomic mass is 19.4. The molecule has 8 heteroatoms. The van der Waals surface area contributed by atoms with E-state index in [0.717, 1.165) is 47.4 Å². The smallest absolute Gasteiger partial charge is 0.369 e. The van der Waals surface area contributed by atoms with E-state index in [1.54, 1.807) is 11.5 Å². The third kappa shape index (κ3) is 7.13. The molecule has 0 saturated heterocycles. The predicted octanol–water partition coefficient (Wildman–Crippen LogP) is 7.39. The second kappa shape index (κ2) is 13.2. The van der Waals surface area contributed by atoms with E-state index >= 15 is 0 Å². The third-order valence-corrected chi connectivity index (χ3v) is 6.40. The van der Waals surface area contributed by atoms with E-state index in [1.165, 1.54) is 6.07 Å². The Morgan fingerprint density at radius 1 is 0.872 bits per heavy atom. The van der Waals surface area contributed by atoms with Gasteiger partial charge in [0.25, 0.3) is 5.56 Å². The van der Waals surface area contributed by atoms with Crippen molar-refractivity contribution in [1.82, 2.24) is 9.55 Å². The molecule has 1 aromatic heterocycles. The fraction of sp³-hybridized carbons (Fsp3) is 0.290. The third-order valence-electron chi connectivity index (χ3n) is 6.40. The molecule has 0 aliphatic rings. The van der Waals surface area contributed by atoms with Crippen molar-refractivity contribution >= 4 is 5.95 Å². The van der Waals surface area contributed by atoms with Crippen LogP contribution in [0.1, 0.15) is 66.7 Å². The molecule has 0 amide bonds. The first-order valence-corrected chi connectivity index (χ1v) is 13.0. The monoisotopic (exact) mass is 539 g/mol. The largest absolute Gasteiger partial charge is 0.419 e. The summed E-state index contributed by atoms with van der Waals surface area (Å²) < 4.78 is 50.7. The number of anilines is 1. The number of halogens is 4. The van der Waals surface area contributed by atoms with Crippen molar-refractivity contribution in [3.63, 3.8) is 0 Å². The number of aryl methyl sites for hydroxylation is 2. The number of hydrogen-bond donors (Lipinski definition) is 1. The van der Waals surface area contributed by atoms with E-state index in [1.807, 2.05) is 67.6 Å². The van der Waals surface area contributed by atoms with Crippen LogP contribution in [0, 0.1) is 5.82 Å². The average Bonchev–Trinajstić information content (AvgIpc) is 2.92. The first kappa shape index (κ1) is 29.6. The molecule has 2 N–H and O–H groups in total. The van der Waals surface area contributed by atoms with Gasteiger partial charge in [-0.3, -0.25) is 9.36 Å². The van der Waals surface area contributed by atoms with E-state index in [4.69, 9.17) is 5.73 Å². The Kier molecular flexibility index (Phi) is 10.0. The zero-order valence-electron chi connectivity index (χ0n) is 22.3. The summed E-state index contributed by atoms with van der Waals surface area (Å²) in [6.07, 6.45) is -1.79. The highest BCUT2D eigenvalue weighted by Crippen LogP contribution is 2.32. The Hall–Kier alpha value is -3.94. The van der Waals surface area contributed by atoms with Crippen LogP contribution in [-0.2, 0) is 25.4 Å². The van der Waals surface area contributed by atoms with Crippen molar-refractivity contribution in [3.05, 3.63) is 129 Å². The first-order valence-electron chi connectivity index (χ1n) is 13.0. The molecular formula is C31H33F4N3O. The number of nitrogens with two attached hydrogens (primary N) is 1. The standard InChI is InChI=1S/C22H25N3O.C9H8F4/c1-3-11-19-18(4-2)21(26)25(22(23)24-19)20(16-12-7-5-8-13-16)17-14-9-6-10-15-17;1-2-6-3-4-8(10)7(5-6)9(11,12)13/h5-10,12-15,20H,3-4,11H2,1-2H3,(H2,23,24);3-5H,2H2,1H3. The molecular weight excluding hydrogens is 506 g/mol. The van der Waals surface area contributed by atoms with E-state index in [9.17, 15) is 22.4 Å². The molecule has 0 spiro atoms. The van der Waals surface area contributed by atoms with Crippen molar-refractivity contribution in [2.24, 2.45) is 0 Å². The number of hydrogen-bond acceptors (Lipinski definition) is 3. The van der Waals surface area contributed by atoms with E-state index < -0.39 is 17.6 Å². The average molecular weight is 540 g/mol. The molecule has 0 bridgehead atoms. The van der Waals surface area contributed by atoms with E-state index in [2.05, 4.69) is 11.9 Å². The Morgan fingerprint density at radius 2 is 1.44 bits per heavy atom. The molecule has 4 nitrogen and oxygen atoms in total. The van der Waals surface area contributed by atoms with Gasteiger partial charge in [0.15, 0.2) is 0 Å². The number of aromatic nitrogens is 2. The van der Waals surface area contributed by atoms with Gasteiger partial charge in [-0.05, 0) is 48.1 Å². The highest BCUT2D eigenvalue weighted by molar-refractivity contribution is 5.38. The molecule has 3 aromatic carbocycles. The number of nitrogen functional groups attached to an aromatic ring is 1. The zero-order valence-corrected chi connectivity index (χ0v) is 22.3. The lowest BCUT2D eigenvalue weighted by atomic mass is 9.98. The first-order chi connectivity index (χ1) is 18.6. The Morgan fingerprint density at radius 3 is 1.90 bits per heavy atom. The summed E-state index contributed by atoms with van der Waals surface area (Å²) in [5.41, 5.74) is 9.17. The normalized spacial score (nSPS) is 11.3. The van der Waals surface area contributed by atoms with Crippen LogP contribution in [0.25, 0.3) is 0 Å². The SMILES string of the molecule is CCCc1nc(N)n(C(c2ccccc2)c2ccccc2)c(=O)c1CC.CCc1ccc(F)c(C(F)(F)F)c1. The summed E-state index contributed by atoms with van der Waals surface area (Å²) in [6, 6.07) is 22.7. The molecule has 0 radical (unpaired) electrons. The highest BCUT2D eigenvalue weighted by Gasteiger charge is 2.34. The van der Waals surface area contributed by atoms with Crippen molar-refractivity contribution in [2.75, 3.05) is 5.73 Å². The summed E-state index contributed by atoms with van der Waals surface area (Å²) in [5, 5.41) is 0. The van der Waals surface area contributed by atoms with Gasteiger partial charge in [-0.15, -0.1) is 0 Å². The minimum absolute atomic E-state index is 0.0406. The van der Waals surface area contributed by atoms with Gasteiger partial charge in [-0.2, -0.15) is 13.2 Å². The Balaban J connectivity index is 0.000000272. The quantitative estimate of drug-likeness (QED) is 0.249. The number of benzene rings is 3. The van der Waals surface area contributed by atoms with Crippen molar-refractivity contribution in [1.29, 1.82) is 0 Å². The maximum absolute atomic E-state index is 13.3. The minimum Gasteiger partial charge on any atom is -0.369 e. The molecule has 0 aliphatic carbocycles. The van der Waals surface area contributed by atoms with Crippen molar-refractivity contribution < 1.29 is 17.6 Å². The van der Waals surface area contributed by atoms with Crippen LogP contribution in [-0.4, -0.2) is 9.55 Å². The lowest BCUT2D eigenvalue weighted by Crippen LogP contribution is -2.33. The van der Waals surface area contributed by atoms with E-state index in [-0.39, 0.29) is 17.5 Å². The number of rotatable bonds is 7. The fourth-order valence-electron chi connectivity index (χ4n) is 4.45. The summed E-state index contributed by atoms with van der Waals surface area (Å²) in [6.45, 7) is 5.80. The number of nitrogens with zero attached hydrogens (tertiary/aromatic N) is 2.